The Hall–Kier alpha value is -3.51. The molecule has 1 atom stereocenters. The van der Waals surface area contributed by atoms with Crippen molar-refractivity contribution in [1.29, 1.82) is 0 Å². The zero-order valence-electron chi connectivity index (χ0n) is 18.6. The van der Waals surface area contributed by atoms with Crippen molar-refractivity contribution in [1.82, 2.24) is 0 Å². The van der Waals surface area contributed by atoms with Crippen LogP contribution in [0.15, 0.2) is 71.0 Å². The van der Waals surface area contributed by atoms with E-state index in [2.05, 4.69) is 4.99 Å². The molecule has 1 aliphatic heterocycles. The minimum absolute atomic E-state index is 0.129. The van der Waals surface area contributed by atoms with Crippen molar-refractivity contribution in [3.8, 4) is 11.5 Å². The van der Waals surface area contributed by atoms with E-state index in [0.717, 1.165) is 21.9 Å². The van der Waals surface area contributed by atoms with E-state index in [1.54, 1.807) is 26.2 Å². The number of esters is 1. The summed E-state index contributed by atoms with van der Waals surface area (Å²) >= 11 is 6.15. The molecule has 170 valence electrons. The number of nitrogens with zero attached hydrogens (tertiary/aromatic N) is 1. The number of rotatable bonds is 7. The van der Waals surface area contributed by atoms with Gasteiger partial charge in [0.2, 0.25) is 5.88 Å². The van der Waals surface area contributed by atoms with Gasteiger partial charge in [-0.2, -0.15) is 4.99 Å². The first-order valence-electron chi connectivity index (χ1n) is 10.7. The predicted octanol–water partition coefficient (Wildman–Crippen LogP) is 5.87. The molecule has 33 heavy (non-hydrogen) atoms. The van der Waals surface area contributed by atoms with Crippen molar-refractivity contribution in [2.24, 2.45) is 4.99 Å². The maximum absolute atomic E-state index is 13.2. The molecule has 1 unspecified atom stereocenters. The van der Waals surface area contributed by atoms with Gasteiger partial charge < -0.3 is 18.9 Å². The summed E-state index contributed by atoms with van der Waals surface area (Å²) in [4.78, 5) is 17.5. The monoisotopic (exact) mass is 465 g/mol. The maximum Gasteiger partial charge on any atom is 0.340 e. The summed E-state index contributed by atoms with van der Waals surface area (Å²) < 4.78 is 22.7. The fourth-order valence-electron chi connectivity index (χ4n) is 3.93. The standard InChI is InChI=1S/C26H24ClNO5/c1-4-31-15-28-25-23(26(29)32-5-2)22(16-10-12-17(27)13-11-16)20-14-21(30-3)18-8-6-7-9-19(18)24(20)33-25/h6-15,22H,4-5H2,1-3H3. The summed E-state index contributed by atoms with van der Waals surface area (Å²) in [6.07, 6.45) is 1.28. The fourth-order valence-corrected chi connectivity index (χ4v) is 4.06. The Bertz CT molecular complexity index is 1230. The number of methoxy groups -OCH3 is 1. The third-order valence-electron chi connectivity index (χ3n) is 5.34. The molecule has 1 aliphatic rings. The van der Waals surface area contributed by atoms with E-state index in [9.17, 15) is 4.79 Å². The van der Waals surface area contributed by atoms with Crippen LogP contribution in [-0.4, -0.2) is 32.7 Å². The molecule has 0 N–H and O–H groups in total. The number of halogens is 1. The van der Waals surface area contributed by atoms with E-state index in [-0.39, 0.29) is 18.1 Å². The molecule has 7 heteroatoms. The van der Waals surface area contributed by atoms with Gasteiger partial charge in [-0.25, -0.2) is 4.79 Å². The zero-order valence-corrected chi connectivity index (χ0v) is 19.4. The summed E-state index contributed by atoms with van der Waals surface area (Å²) in [7, 11) is 1.62. The Morgan fingerprint density at radius 2 is 1.82 bits per heavy atom. The Kier molecular flexibility index (Phi) is 6.84. The van der Waals surface area contributed by atoms with E-state index >= 15 is 0 Å². The molecule has 0 amide bonds. The van der Waals surface area contributed by atoms with Gasteiger partial charge in [0.1, 0.15) is 17.1 Å². The minimum atomic E-state index is -0.516. The molecule has 0 aromatic heterocycles. The van der Waals surface area contributed by atoms with Crippen molar-refractivity contribution in [2.45, 2.75) is 19.8 Å². The van der Waals surface area contributed by atoms with Gasteiger partial charge >= 0.3 is 5.97 Å². The third kappa shape index (κ3) is 4.39. The van der Waals surface area contributed by atoms with E-state index in [1.807, 2.05) is 49.4 Å². The molecule has 6 nitrogen and oxygen atoms in total. The predicted molar refractivity (Wildman–Crippen MR) is 128 cm³/mol. The molecule has 0 saturated carbocycles. The molecule has 0 saturated heterocycles. The Morgan fingerprint density at radius 1 is 1.09 bits per heavy atom. The quantitative estimate of drug-likeness (QED) is 0.248. The summed E-state index contributed by atoms with van der Waals surface area (Å²) in [6, 6.07) is 17.0. The molecule has 0 radical (unpaired) electrons. The smallest absolute Gasteiger partial charge is 0.340 e. The Morgan fingerprint density at radius 3 is 2.48 bits per heavy atom. The first-order valence-corrected chi connectivity index (χ1v) is 11.0. The summed E-state index contributed by atoms with van der Waals surface area (Å²) in [6.45, 7) is 4.25. The molecule has 4 rings (SSSR count). The number of hydrogen-bond donors (Lipinski definition) is 0. The van der Waals surface area contributed by atoms with E-state index < -0.39 is 11.9 Å². The van der Waals surface area contributed by atoms with E-state index in [4.69, 9.17) is 30.5 Å². The number of aliphatic imine (C=N–C) groups is 1. The third-order valence-corrected chi connectivity index (χ3v) is 5.60. The van der Waals surface area contributed by atoms with Crippen molar-refractivity contribution >= 4 is 34.7 Å². The van der Waals surface area contributed by atoms with Crippen LogP contribution < -0.4 is 9.47 Å². The van der Waals surface area contributed by atoms with Crippen molar-refractivity contribution in [3.05, 3.63) is 82.2 Å². The van der Waals surface area contributed by atoms with Crippen molar-refractivity contribution < 1.29 is 23.7 Å². The van der Waals surface area contributed by atoms with Crippen LogP contribution in [0.5, 0.6) is 11.5 Å². The highest BCUT2D eigenvalue weighted by atomic mass is 35.5. The van der Waals surface area contributed by atoms with Crippen LogP contribution in [0.4, 0.5) is 0 Å². The highest BCUT2D eigenvalue weighted by Crippen LogP contribution is 2.49. The van der Waals surface area contributed by atoms with Gasteiger partial charge in [-0.05, 0) is 37.6 Å². The van der Waals surface area contributed by atoms with Gasteiger partial charge in [0.15, 0.2) is 6.40 Å². The van der Waals surface area contributed by atoms with Crippen molar-refractivity contribution in [2.75, 3.05) is 20.3 Å². The molecule has 1 heterocycles. The molecule has 3 aromatic rings. The van der Waals surface area contributed by atoms with Crippen molar-refractivity contribution in [3.63, 3.8) is 0 Å². The summed E-state index contributed by atoms with van der Waals surface area (Å²) in [5, 5.41) is 2.33. The number of carbonyl (C=O) groups excluding carboxylic acids is 1. The number of fused-ring (bicyclic) bond motifs is 3. The van der Waals surface area contributed by atoms with Crippen LogP contribution in [0.1, 0.15) is 30.9 Å². The lowest BCUT2D eigenvalue weighted by Crippen LogP contribution is -2.24. The van der Waals surface area contributed by atoms with E-state index in [0.29, 0.717) is 23.1 Å². The highest BCUT2D eigenvalue weighted by molar-refractivity contribution is 6.30. The molecule has 0 fully saturated rings. The average molecular weight is 466 g/mol. The topological polar surface area (TPSA) is 66.4 Å². The average Bonchev–Trinajstić information content (AvgIpc) is 2.83. The van der Waals surface area contributed by atoms with Crippen LogP contribution in [0, 0.1) is 0 Å². The summed E-state index contributed by atoms with van der Waals surface area (Å²) in [5.74, 6) is 0.375. The lowest BCUT2D eigenvalue weighted by atomic mass is 9.81. The van der Waals surface area contributed by atoms with Gasteiger partial charge in [0.25, 0.3) is 0 Å². The molecular formula is C26H24ClNO5. The number of ether oxygens (including phenoxy) is 4. The fraction of sp³-hybridized carbons (Fsp3) is 0.231. The first-order chi connectivity index (χ1) is 16.1. The highest BCUT2D eigenvalue weighted by Gasteiger charge is 2.38. The Balaban J connectivity index is 2.04. The molecule has 0 bridgehead atoms. The van der Waals surface area contributed by atoms with Crippen LogP contribution in [0.2, 0.25) is 5.02 Å². The summed E-state index contributed by atoms with van der Waals surface area (Å²) in [5.41, 5.74) is 1.89. The van der Waals surface area contributed by atoms with Gasteiger partial charge in [0.05, 0.1) is 26.2 Å². The van der Waals surface area contributed by atoms with Gasteiger partial charge in [0, 0.05) is 21.4 Å². The van der Waals surface area contributed by atoms with Crippen LogP contribution in [0.25, 0.3) is 10.8 Å². The molecular weight excluding hydrogens is 442 g/mol. The number of benzene rings is 3. The number of carbonyl (C=O) groups is 1. The lowest BCUT2D eigenvalue weighted by molar-refractivity contribution is -0.139. The SMILES string of the molecule is CCOC=NC1=C(C(=O)OCC)C(c2ccc(Cl)cc2)c2cc(OC)c3ccccc3c2O1. The second kappa shape index (κ2) is 9.96. The maximum atomic E-state index is 13.2. The normalized spacial score (nSPS) is 15.3. The van der Waals surface area contributed by atoms with Crippen LogP contribution in [-0.2, 0) is 14.3 Å². The van der Waals surface area contributed by atoms with Crippen LogP contribution >= 0.6 is 11.6 Å². The van der Waals surface area contributed by atoms with E-state index in [1.165, 1.54) is 6.40 Å². The van der Waals surface area contributed by atoms with Crippen LogP contribution in [0.3, 0.4) is 0 Å². The molecule has 0 spiro atoms. The Labute approximate surface area is 197 Å². The lowest BCUT2D eigenvalue weighted by Gasteiger charge is -2.30. The van der Waals surface area contributed by atoms with Gasteiger partial charge in [-0.1, -0.05) is 48.0 Å². The second-order valence-corrected chi connectivity index (χ2v) is 7.69. The minimum Gasteiger partial charge on any atom is -0.496 e. The number of hydrogen-bond acceptors (Lipinski definition) is 6. The van der Waals surface area contributed by atoms with Gasteiger partial charge in [-0.15, -0.1) is 0 Å². The molecule has 3 aromatic carbocycles. The van der Waals surface area contributed by atoms with Gasteiger partial charge in [-0.3, -0.25) is 0 Å². The second-order valence-electron chi connectivity index (χ2n) is 7.26. The molecule has 0 aliphatic carbocycles. The first kappa shape index (κ1) is 22.7. The zero-order chi connectivity index (χ0) is 23.4. The largest absolute Gasteiger partial charge is 0.496 e.